The van der Waals surface area contributed by atoms with Crippen molar-refractivity contribution >= 4 is 11.9 Å². The number of nitrogens with one attached hydrogen (secondary N) is 2. The lowest BCUT2D eigenvalue weighted by molar-refractivity contribution is -0.151. The molecule has 1 fully saturated rings. The summed E-state index contributed by atoms with van der Waals surface area (Å²) < 4.78 is 5.25. The first-order valence-corrected chi connectivity index (χ1v) is 7.91. The van der Waals surface area contributed by atoms with Gasteiger partial charge < -0.3 is 10.1 Å². The molecule has 0 radical (unpaired) electrons. The van der Waals surface area contributed by atoms with E-state index in [2.05, 4.69) is 10.6 Å². The van der Waals surface area contributed by atoms with E-state index in [4.69, 9.17) is 4.74 Å². The second kappa shape index (κ2) is 6.08. The number of hydrogen-bond acceptors (Lipinski definition) is 4. The van der Waals surface area contributed by atoms with Gasteiger partial charge >= 0.3 is 5.97 Å². The van der Waals surface area contributed by atoms with Crippen molar-refractivity contribution in [2.24, 2.45) is 0 Å². The summed E-state index contributed by atoms with van der Waals surface area (Å²) in [4.78, 5) is 24.4. The van der Waals surface area contributed by atoms with Crippen LogP contribution < -0.4 is 10.6 Å². The Morgan fingerprint density at radius 3 is 2.41 bits per heavy atom. The smallest absolute Gasteiger partial charge is 0.327 e. The molecule has 0 bridgehead atoms. The summed E-state index contributed by atoms with van der Waals surface area (Å²) >= 11 is 0. The predicted octanol–water partition coefficient (Wildman–Crippen LogP) is 0.955. The van der Waals surface area contributed by atoms with Gasteiger partial charge in [0.1, 0.15) is 5.54 Å². The number of esters is 1. The topological polar surface area (TPSA) is 67.4 Å². The molecule has 0 unspecified atom stereocenters. The Labute approximate surface area is 130 Å². The molecule has 0 heterocycles. The van der Waals surface area contributed by atoms with Crippen LogP contribution >= 0.6 is 0 Å². The summed E-state index contributed by atoms with van der Waals surface area (Å²) in [6, 6.07) is 8.33. The zero-order chi connectivity index (χ0) is 15.6. The second-order valence-electron chi connectivity index (χ2n) is 6.12. The van der Waals surface area contributed by atoms with E-state index in [1.165, 1.54) is 0 Å². The number of amides is 1. The minimum Gasteiger partial charge on any atom is -0.465 e. The normalized spacial score (nSPS) is 18.6. The van der Waals surface area contributed by atoms with Gasteiger partial charge in [0, 0.05) is 18.9 Å². The van der Waals surface area contributed by atoms with E-state index in [9.17, 15) is 9.59 Å². The molecule has 3 rings (SSSR count). The molecule has 5 heteroatoms. The molecule has 5 nitrogen and oxygen atoms in total. The van der Waals surface area contributed by atoms with E-state index in [0.717, 1.165) is 24.0 Å². The molecule has 1 amide bonds. The Morgan fingerprint density at radius 2 is 1.86 bits per heavy atom. The molecule has 0 aliphatic heterocycles. The molecule has 118 valence electrons. The van der Waals surface area contributed by atoms with Gasteiger partial charge in [-0.15, -0.1) is 0 Å². The summed E-state index contributed by atoms with van der Waals surface area (Å²) in [6.07, 6.45) is 3.25. The van der Waals surface area contributed by atoms with Crippen LogP contribution in [0.4, 0.5) is 0 Å². The van der Waals surface area contributed by atoms with Crippen LogP contribution in [-0.4, -0.2) is 36.6 Å². The standard InChI is InChI=1S/C17H22N2O3/c1-2-22-16(21)17(18-11-15(20)19-14-7-8-14)9-12-5-3-4-6-13(12)10-17/h3-6,14,18H,2,7-11H2,1H3,(H,19,20). The van der Waals surface area contributed by atoms with Crippen LogP contribution in [0.3, 0.4) is 0 Å². The summed E-state index contributed by atoms with van der Waals surface area (Å²) in [7, 11) is 0. The number of fused-ring (bicyclic) bond motifs is 1. The molecule has 1 saturated carbocycles. The second-order valence-corrected chi connectivity index (χ2v) is 6.12. The number of hydrogen-bond donors (Lipinski definition) is 2. The van der Waals surface area contributed by atoms with Gasteiger partial charge in [-0.25, -0.2) is 0 Å². The molecule has 2 aliphatic carbocycles. The van der Waals surface area contributed by atoms with Crippen LogP contribution in [0.2, 0.25) is 0 Å². The maximum atomic E-state index is 12.5. The number of rotatable bonds is 6. The lowest BCUT2D eigenvalue weighted by Gasteiger charge is -2.27. The highest BCUT2D eigenvalue weighted by atomic mass is 16.5. The lowest BCUT2D eigenvalue weighted by Crippen LogP contribution is -2.56. The fraction of sp³-hybridized carbons (Fsp3) is 0.529. The van der Waals surface area contributed by atoms with E-state index in [0.29, 0.717) is 25.5 Å². The summed E-state index contributed by atoms with van der Waals surface area (Å²) in [5.41, 5.74) is 1.47. The first-order chi connectivity index (χ1) is 10.6. The van der Waals surface area contributed by atoms with Gasteiger partial charge in [0.15, 0.2) is 0 Å². The Morgan fingerprint density at radius 1 is 1.23 bits per heavy atom. The van der Waals surface area contributed by atoms with Crippen molar-refractivity contribution in [1.29, 1.82) is 0 Å². The fourth-order valence-electron chi connectivity index (χ4n) is 2.98. The molecule has 0 spiro atoms. The van der Waals surface area contributed by atoms with E-state index < -0.39 is 5.54 Å². The van der Waals surface area contributed by atoms with Crippen LogP contribution in [0.15, 0.2) is 24.3 Å². The molecule has 0 atom stereocenters. The summed E-state index contributed by atoms with van der Waals surface area (Å²) in [5.74, 6) is -0.326. The lowest BCUT2D eigenvalue weighted by atomic mass is 9.95. The van der Waals surface area contributed by atoms with Crippen molar-refractivity contribution in [3.63, 3.8) is 0 Å². The van der Waals surface area contributed by atoms with Crippen LogP contribution in [-0.2, 0) is 27.2 Å². The van der Waals surface area contributed by atoms with Crippen LogP contribution in [0.5, 0.6) is 0 Å². The summed E-state index contributed by atoms with van der Waals surface area (Å²) in [6.45, 7) is 2.28. The zero-order valence-corrected chi connectivity index (χ0v) is 12.9. The van der Waals surface area contributed by atoms with Gasteiger partial charge in [0.25, 0.3) is 0 Å². The third-order valence-electron chi connectivity index (χ3n) is 4.30. The van der Waals surface area contributed by atoms with Crippen molar-refractivity contribution in [1.82, 2.24) is 10.6 Å². The first-order valence-electron chi connectivity index (χ1n) is 7.91. The van der Waals surface area contributed by atoms with Crippen molar-refractivity contribution in [3.8, 4) is 0 Å². The Hall–Kier alpha value is -1.88. The molecular formula is C17H22N2O3. The van der Waals surface area contributed by atoms with Crippen molar-refractivity contribution in [2.45, 2.75) is 44.2 Å². The molecule has 2 aliphatic rings. The highest BCUT2D eigenvalue weighted by molar-refractivity contribution is 5.85. The highest BCUT2D eigenvalue weighted by Crippen LogP contribution is 2.31. The number of ether oxygens (including phenoxy) is 1. The van der Waals surface area contributed by atoms with E-state index in [1.807, 2.05) is 24.3 Å². The third-order valence-corrected chi connectivity index (χ3v) is 4.30. The number of carbonyl (C=O) groups excluding carboxylic acids is 2. The molecule has 0 aromatic heterocycles. The third kappa shape index (κ3) is 3.14. The maximum absolute atomic E-state index is 12.5. The Balaban J connectivity index is 1.70. The van der Waals surface area contributed by atoms with E-state index in [-0.39, 0.29) is 18.4 Å². The van der Waals surface area contributed by atoms with Crippen molar-refractivity contribution < 1.29 is 14.3 Å². The highest BCUT2D eigenvalue weighted by Gasteiger charge is 2.45. The van der Waals surface area contributed by atoms with Crippen LogP contribution in [0.1, 0.15) is 30.9 Å². The average molecular weight is 302 g/mol. The van der Waals surface area contributed by atoms with Gasteiger partial charge in [0.2, 0.25) is 5.91 Å². The molecule has 22 heavy (non-hydrogen) atoms. The van der Waals surface area contributed by atoms with Gasteiger partial charge in [-0.05, 0) is 30.9 Å². The van der Waals surface area contributed by atoms with Gasteiger partial charge in [-0.3, -0.25) is 14.9 Å². The minimum absolute atomic E-state index is 0.0536. The predicted molar refractivity (Wildman–Crippen MR) is 82.4 cm³/mol. The van der Waals surface area contributed by atoms with Gasteiger partial charge in [-0.1, -0.05) is 24.3 Å². The van der Waals surface area contributed by atoms with Gasteiger partial charge in [0.05, 0.1) is 13.2 Å². The van der Waals surface area contributed by atoms with Gasteiger partial charge in [-0.2, -0.15) is 0 Å². The first kappa shape index (κ1) is 15.0. The zero-order valence-electron chi connectivity index (χ0n) is 12.9. The van der Waals surface area contributed by atoms with Crippen molar-refractivity contribution in [3.05, 3.63) is 35.4 Å². The molecule has 2 N–H and O–H groups in total. The quantitative estimate of drug-likeness (QED) is 0.768. The Bertz CT molecular complexity index is 556. The Kier molecular flexibility index (Phi) is 4.16. The molecule has 0 saturated heterocycles. The number of benzene rings is 1. The average Bonchev–Trinajstić information content (AvgIpc) is 3.22. The van der Waals surface area contributed by atoms with E-state index in [1.54, 1.807) is 6.92 Å². The van der Waals surface area contributed by atoms with E-state index >= 15 is 0 Å². The SMILES string of the molecule is CCOC(=O)C1(NCC(=O)NC2CC2)Cc2ccccc2C1. The van der Waals surface area contributed by atoms with Crippen LogP contribution in [0.25, 0.3) is 0 Å². The minimum atomic E-state index is -0.819. The maximum Gasteiger partial charge on any atom is 0.327 e. The summed E-state index contributed by atoms with van der Waals surface area (Å²) in [5, 5.41) is 6.11. The monoisotopic (exact) mass is 302 g/mol. The largest absolute Gasteiger partial charge is 0.465 e. The van der Waals surface area contributed by atoms with Crippen molar-refractivity contribution in [2.75, 3.05) is 13.2 Å². The number of carbonyl (C=O) groups is 2. The molecular weight excluding hydrogens is 280 g/mol. The fourth-order valence-corrected chi connectivity index (χ4v) is 2.98. The van der Waals surface area contributed by atoms with Crippen LogP contribution in [0, 0.1) is 0 Å². The molecule has 1 aromatic rings. The molecule has 1 aromatic carbocycles.